The van der Waals surface area contributed by atoms with Crippen molar-refractivity contribution in [3.8, 4) is 5.75 Å². The van der Waals surface area contributed by atoms with Gasteiger partial charge in [0.15, 0.2) is 5.78 Å². The molecule has 2 aliphatic heterocycles. The molecule has 0 spiro atoms. The molecule has 3 rings (SSSR count). The van der Waals surface area contributed by atoms with Gasteiger partial charge in [0.2, 0.25) is 0 Å². The molecule has 19 heavy (non-hydrogen) atoms. The number of rotatable bonds is 4. The first kappa shape index (κ1) is 12.6. The van der Waals surface area contributed by atoms with Gasteiger partial charge in [-0.25, -0.2) is 0 Å². The fourth-order valence-electron chi connectivity index (χ4n) is 2.86. The first-order chi connectivity index (χ1) is 9.26. The van der Waals surface area contributed by atoms with E-state index in [1.165, 1.54) is 0 Å². The fraction of sp³-hybridized carbons (Fsp3) is 0.533. The molecule has 0 aliphatic carbocycles. The Morgan fingerprint density at radius 3 is 3.16 bits per heavy atom. The van der Waals surface area contributed by atoms with Crippen molar-refractivity contribution in [2.24, 2.45) is 5.92 Å². The lowest BCUT2D eigenvalue weighted by Crippen LogP contribution is -2.28. The number of Topliss-reactive ketones (excluding diaryl/α,β-unsaturated/α-hetero) is 1. The standard InChI is InChI=1S/C15H19NO3/c17-10-11-3-5-16(8-11)9-14(18)12-1-2-15-13(7-12)4-6-19-15/h1-2,7,11,17H,3-6,8-10H2. The minimum Gasteiger partial charge on any atom is -0.493 e. The molecule has 2 aliphatic rings. The van der Waals surface area contributed by atoms with Crippen LogP contribution >= 0.6 is 0 Å². The van der Waals surface area contributed by atoms with Gasteiger partial charge < -0.3 is 9.84 Å². The number of likely N-dealkylation sites (tertiary alicyclic amines) is 1. The Bertz CT molecular complexity index is 486. The SMILES string of the molecule is O=C(CN1CCC(CO)C1)c1ccc2c(c1)CCO2. The van der Waals surface area contributed by atoms with E-state index >= 15 is 0 Å². The molecule has 4 heteroatoms. The van der Waals surface area contributed by atoms with Gasteiger partial charge in [0.05, 0.1) is 13.2 Å². The van der Waals surface area contributed by atoms with Crippen molar-refractivity contribution in [1.82, 2.24) is 4.90 Å². The average Bonchev–Trinajstić information content (AvgIpc) is 3.05. The van der Waals surface area contributed by atoms with Gasteiger partial charge in [-0.05, 0) is 42.6 Å². The Hall–Kier alpha value is -1.39. The molecule has 1 N–H and O–H groups in total. The lowest BCUT2D eigenvalue weighted by Gasteiger charge is -2.14. The summed E-state index contributed by atoms with van der Waals surface area (Å²) in [6, 6.07) is 5.71. The Morgan fingerprint density at radius 2 is 2.37 bits per heavy atom. The minimum absolute atomic E-state index is 0.160. The summed E-state index contributed by atoms with van der Waals surface area (Å²) in [6.07, 6.45) is 1.88. The number of ketones is 1. The first-order valence-electron chi connectivity index (χ1n) is 6.88. The van der Waals surface area contributed by atoms with Gasteiger partial charge in [-0.2, -0.15) is 0 Å². The zero-order valence-corrected chi connectivity index (χ0v) is 11.0. The highest BCUT2D eigenvalue weighted by molar-refractivity contribution is 5.98. The van der Waals surface area contributed by atoms with Crippen LogP contribution in [0, 0.1) is 5.92 Å². The number of benzene rings is 1. The maximum absolute atomic E-state index is 12.3. The zero-order valence-electron chi connectivity index (χ0n) is 11.0. The Balaban J connectivity index is 1.64. The number of ether oxygens (including phenoxy) is 1. The van der Waals surface area contributed by atoms with E-state index in [1.807, 2.05) is 18.2 Å². The summed E-state index contributed by atoms with van der Waals surface area (Å²) in [6.45, 7) is 3.13. The van der Waals surface area contributed by atoms with Crippen molar-refractivity contribution < 1.29 is 14.6 Å². The van der Waals surface area contributed by atoms with Crippen LogP contribution in [-0.4, -0.2) is 48.6 Å². The summed E-state index contributed by atoms with van der Waals surface area (Å²) < 4.78 is 5.45. The summed E-state index contributed by atoms with van der Waals surface area (Å²) >= 11 is 0. The largest absolute Gasteiger partial charge is 0.493 e. The van der Waals surface area contributed by atoms with Gasteiger partial charge >= 0.3 is 0 Å². The molecule has 1 fully saturated rings. The van der Waals surface area contributed by atoms with Crippen molar-refractivity contribution in [3.63, 3.8) is 0 Å². The van der Waals surface area contributed by atoms with E-state index in [0.29, 0.717) is 12.5 Å². The lowest BCUT2D eigenvalue weighted by molar-refractivity contribution is 0.0940. The van der Waals surface area contributed by atoms with E-state index in [2.05, 4.69) is 4.90 Å². The maximum Gasteiger partial charge on any atom is 0.176 e. The number of carbonyl (C=O) groups is 1. The predicted octanol–water partition coefficient (Wildman–Crippen LogP) is 1.12. The lowest BCUT2D eigenvalue weighted by atomic mass is 10.1. The normalized spacial score (nSPS) is 22.3. The van der Waals surface area contributed by atoms with Crippen LogP contribution < -0.4 is 4.74 Å². The maximum atomic E-state index is 12.3. The van der Waals surface area contributed by atoms with E-state index in [4.69, 9.17) is 9.84 Å². The van der Waals surface area contributed by atoms with E-state index in [1.54, 1.807) is 0 Å². The van der Waals surface area contributed by atoms with Crippen LogP contribution in [0.2, 0.25) is 0 Å². The number of hydrogen-bond acceptors (Lipinski definition) is 4. The van der Waals surface area contributed by atoms with E-state index < -0.39 is 0 Å². The topological polar surface area (TPSA) is 49.8 Å². The molecule has 102 valence electrons. The molecule has 0 saturated carbocycles. The van der Waals surface area contributed by atoms with Gasteiger partial charge in [0, 0.05) is 25.1 Å². The molecular weight excluding hydrogens is 242 g/mol. The number of aliphatic hydroxyl groups excluding tert-OH is 1. The van der Waals surface area contributed by atoms with Crippen molar-refractivity contribution >= 4 is 5.78 Å². The summed E-state index contributed by atoms with van der Waals surface area (Å²) in [5.41, 5.74) is 1.91. The highest BCUT2D eigenvalue weighted by atomic mass is 16.5. The molecular formula is C15H19NO3. The van der Waals surface area contributed by atoms with Gasteiger partial charge in [-0.3, -0.25) is 9.69 Å². The second-order valence-electron chi connectivity index (χ2n) is 5.42. The van der Waals surface area contributed by atoms with E-state index in [9.17, 15) is 4.79 Å². The highest BCUT2D eigenvalue weighted by Crippen LogP contribution is 2.26. The summed E-state index contributed by atoms with van der Waals surface area (Å²) in [5, 5.41) is 9.12. The smallest absolute Gasteiger partial charge is 0.176 e. The van der Waals surface area contributed by atoms with Crippen LogP contribution in [0.4, 0.5) is 0 Å². The van der Waals surface area contributed by atoms with Crippen molar-refractivity contribution in [2.45, 2.75) is 12.8 Å². The highest BCUT2D eigenvalue weighted by Gasteiger charge is 2.24. The predicted molar refractivity (Wildman–Crippen MR) is 71.6 cm³/mol. The second kappa shape index (κ2) is 5.31. The average molecular weight is 261 g/mol. The third-order valence-electron chi connectivity index (χ3n) is 4.01. The zero-order chi connectivity index (χ0) is 13.2. The third kappa shape index (κ3) is 2.65. The van der Waals surface area contributed by atoms with Crippen molar-refractivity contribution in [2.75, 3.05) is 32.8 Å². The molecule has 1 atom stereocenters. The molecule has 1 unspecified atom stereocenters. The summed E-state index contributed by atoms with van der Waals surface area (Å²) in [5.74, 6) is 1.41. The molecule has 0 amide bonds. The van der Waals surface area contributed by atoms with Crippen LogP contribution in [0.25, 0.3) is 0 Å². The molecule has 1 aromatic rings. The van der Waals surface area contributed by atoms with Gasteiger partial charge in [-0.15, -0.1) is 0 Å². The van der Waals surface area contributed by atoms with Crippen LogP contribution in [0.15, 0.2) is 18.2 Å². The molecule has 0 radical (unpaired) electrons. The molecule has 0 bridgehead atoms. The number of carbonyl (C=O) groups excluding carboxylic acids is 1. The van der Waals surface area contributed by atoms with Crippen LogP contribution in [0.1, 0.15) is 22.3 Å². The fourth-order valence-corrected chi connectivity index (χ4v) is 2.86. The quantitative estimate of drug-likeness (QED) is 0.825. The Kier molecular flexibility index (Phi) is 3.53. The minimum atomic E-state index is 0.160. The van der Waals surface area contributed by atoms with Crippen molar-refractivity contribution in [1.29, 1.82) is 0 Å². The molecule has 2 heterocycles. The molecule has 0 aromatic heterocycles. The summed E-state index contributed by atoms with van der Waals surface area (Å²) in [7, 11) is 0. The molecule has 1 aromatic carbocycles. The monoisotopic (exact) mass is 261 g/mol. The van der Waals surface area contributed by atoms with E-state index in [0.717, 1.165) is 49.4 Å². The summed E-state index contributed by atoms with van der Waals surface area (Å²) in [4.78, 5) is 14.4. The number of nitrogens with zero attached hydrogens (tertiary/aromatic N) is 1. The number of aliphatic hydroxyl groups is 1. The van der Waals surface area contributed by atoms with Crippen LogP contribution in [0.5, 0.6) is 5.75 Å². The van der Waals surface area contributed by atoms with E-state index in [-0.39, 0.29) is 12.4 Å². The van der Waals surface area contributed by atoms with Gasteiger partial charge in [0.1, 0.15) is 5.75 Å². The van der Waals surface area contributed by atoms with Gasteiger partial charge in [-0.1, -0.05) is 0 Å². The second-order valence-corrected chi connectivity index (χ2v) is 5.42. The molecule has 1 saturated heterocycles. The third-order valence-corrected chi connectivity index (χ3v) is 4.01. The van der Waals surface area contributed by atoms with Crippen LogP contribution in [0.3, 0.4) is 0 Å². The van der Waals surface area contributed by atoms with Crippen molar-refractivity contribution in [3.05, 3.63) is 29.3 Å². The van der Waals surface area contributed by atoms with Gasteiger partial charge in [0.25, 0.3) is 0 Å². The Morgan fingerprint density at radius 1 is 1.47 bits per heavy atom. The van der Waals surface area contributed by atoms with Crippen LogP contribution in [-0.2, 0) is 6.42 Å². The first-order valence-corrected chi connectivity index (χ1v) is 6.88. The Labute approximate surface area is 113 Å². The molecule has 4 nitrogen and oxygen atoms in total. The number of fused-ring (bicyclic) bond motifs is 1. The number of hydrogen-bond donors (Lipinski definition) is 1.